The fraction of sp³-hybridized carbons (Fsp3) is 0.278. The van der Waals surface area contributed by atoms with Crippen LogP contribution >= 0.6 is 0 Å². The van der Waals surface area contributed by atoms with E-state index in [-0.39, 0.29) is 5.82 Å². The molecule has 0 atom stereocenters. The lowest BCUT2D eigenvalue weighted by atomic mass is 10.1. The van der Waals surface area contributed by atoms with Crippen LogP contribution in [-0.2, 0) is 6.54 Å². The summed E-state index contributed by atoms with van der Waals surface area (Å²) in [5.74, 6) is 0.693. The summed E-state index contributed by atoms with van der Waals surface area (Å²) < 4.78 is 28.8. The highest BCUT2D eigenvalue weighted by molar-refractivity contribution is 5.40. The molecule has 0 radical (unpaired) electrons. The Kier molecular flexibility index (Phi) is 4.57. The molecule has 26 heavy (non-hydrogen) atoms. The molecule has 1 aliphatic heterocycles. The number of piperazine rings is 1. The van der Waals surface area contributed by atoms with Crippen LogP contribution in [0.25, 0.3) is 5.82 Å². The van der Waals surface area contributed by atoms with Gasteiger partial charge in [0.25, 0.3) is 0 Å². The number of halogens is 2. The van der Waals surface area contributed by atoms with Crippen molar-refractivity contribution in [2.75, 3.05) is 31.1 Å². The molecular weight excluding hydrogens is 338 g/mol. The van der Waals surface area contributed by atoms with Gasteiger partial charge in [0.15, 0.2) is 11.6 Å². The van der Waals surface area contributed by atoms with Gasteiger partial charge in [-0.25, -0.2) is 13.5 Å². The van der Waals surface area contributed by atoms with Crippen molar-refractivity contribution < 1.29 is 8.78 Å². The third-order valence-electron chi connectivity index (χ3n) is 4.47. The van der Waals surface area contributed by atoms with Gasteiger partial charge in [0.1, 0.15) is 11.6 Å². The molecule has 1 aromatic carbocycles. The van der Waals surface area contributed by atoms with Crippen LogP contribution in [0, 0.1) is 11.6 Å². The number of hydrogen-bond donors (Lipinski definition) is 0. The van der Waals surface area contributed by atoms with E-state index in [0.717, 1.165) is 38.1 Å². The summed E-state index contributed by atoms with van der Waals surface area (Å²) in [6, 6.07) is 9.22. The van der Waals surface area contributed by atoms with Crippen LogP contribution in [0.4, 0.5) is 14.6 Å². The van der Waals surface area contributed by atoms with Gasteiger partial charge >= 0.3 is 0 Å². The number of aromatic nitrogens is 4. The largest absolute Gasteiger partial charge is 0.353 e. The number of anilines is 1. The van der Waals surface area contributed by atoms with Crippen molar-refractivity contribution in [3.63, 3.8) is 0 Å². The van der Waals surface area contributed by atoms with Crippen LogP contribution in [0.1, 0.15) is 5.56 Å². The molecule has 0 bridgehead atoms. The minimum Gasteiger partial charge on any atom is -0.353 e. The van der Waals surface area contributed by atoms with Gasteiger partial charge in [0, 0.05) is 50.7 Å². The highest BCUT2D eigenvalue weighted by Crippen LogP contribution is 2.17. The van der Waals surface area contributed by atoms with Gasteiger partial charge in [-0.3, -0.25) is 4.90 Å². The molecule has 0 unspecified atom stereocenters. The maximum absolute atomic E-state index is 13.8. The zero-order valence-electron chi connectivity index (χ0n) is 14.1. The van der Waals surface area contributed by atoms with Crippen LogP contribution in [0.15, 0.2) is 48.8 Å². The number of rotatable bonds is 4. The molecular formula is C18H18F2N6. The van der Waals surface area contributed by atoms with Crippen LogP contribution in [-0.4, -0.2) is 51.1 Å². The first kappa shape index (κ1) is 16.6. The second kappa shape index (κ2) is 7.17. The number of benzene rings is 1. The van der Waals surface area contributed by atoms with Crippen molar-refractivity contribution in [3.05, 3.63) is 66.0 Å². The lowest BCUT2D eigenvalue weighted by Gasteiger charge is -2.35. The maximum atomic E-state index is 13.8. The summed E-state index contributed by atoms with van der Waals surface area (Å²) in [4.78, 5) is 4.25. The van der Waals surface area contributed by atoms with E-state index in [2.05, 4.69) is 25.1 Å². The minimum absolute atomic E-state index is 0.367. The first-order chi connectivity index (χ1) is 12.7. The molecule has 1 fully saturated rings. The van der Waals surface area contributed by atoms with Gasteiger partial charge < -0.3 is 4.90 Å². The van der Waals surface area contributed by atoms with E-state index in [1.807, 2.05) is 24.4 Å². The van der Waals surface area contributed by atoms with Crippen molar-refractivity contribution in [2.45, 2.75) is 6.54 Å². The summed E-state index contributed by atoms with van der Waals surface area (Å²) in [6.45, 7) is 3.41. The van der Waals surface area contributed by atoms with Crippen molar-refractivity contribution >= 4 is 5.82 Å². The highest BCUT2D eigenvalue weighted by atomic mass is 19.1. The molecule has 3 aromatic rings. The Morgan fingerprint density at radius 1 is 0.923 bits per heavy atom. The standard InChI is InChI=1S/C18H18F2N6/c19-15-2-3-16(20)14(12-15)13-24-8-10-25(11-9-24)17-4-5-18(23-22-17)26-7-1-6-21-26/h1-7,12H,8-11,13H2. The van der Waals surface area contributed by atoms with E-state index in [1.54, 1.807) is 10.9 Å². The summed E-state index contributed by atoms with van der Waals surface area (Å²) in [6.07, 6.45) is 3.50. The zero-order valence-corrected chi connectivity index (χ0v) is 14.1. The third kappa shape index (κ3) is 3.55. The molecule has 4 rings (SSSR count). The van der Waals surface area contributed by atoms with Gasteiger partial charge in [-0.2, -0.15) is 5.10 Å². The van der Waals surface area contributed by atoms with Crippen LogP contribution in [0.2, 0.25) is 0 Å². The second-order valence-electron chi connectivity index (χ2n) is 6.20. The predicted octanol–water partition coefficient (Wildman–Crippen LogP) is 2.26. The van der Waals surface area contributed by atoms with Crippen LogP contribution in [0.3, 0.4) is 0 Å². The molecule has 1 aliphatic rings. The lowest BCUT2D eigenvalue weighted by Crippen LogP contribution is -2.46. The molecule has 2 aromatic heterocycles. The summed E-state index contributed by atoms with van der Waals surface area (Å²) in [5.41, 5.74) is 0.391. The quantitative estimate of drug-likeness (QED) is 0.718. The molecule has 0 saturated carbocycles. The average Bonchev–Trinajstić information content (AvgIpc) is 3.20. The van der Waals surface area contributed by atoms with Crippen LogP contribution in [0.5, 0.6) is 0 Å². The Balaban J connectivity index is 1.37. The van der Waals surface area contributed by atoms with Crippen molar-refractivity contribution in [1.82, 2.24) is 24.9 Å². The van der Waals surface area contributed by atoms with E-state index in [9.17, 15) is 8.78 Å². The molecule has 3 heterocycles. The molecule has 0 N–H and O–H groups in total. The van der Waals surface area contributed by atoms with Crippen molar-refractivity contribution in [2.24, 2.45) is 0 Å². The molecule has 0 spiro atoms. The van der Waals surface area contributed by atoms with Gasteiger partial charge in [-0.05, 0) is 36.4 Å². The topological polar surface area (TPSA) is 50.1 Å². The minimum atomic E-state index is -0.410. The van der Waals surface area contributed by atoms with E-state index in [4.69, 9.17) is 0 Å². The van der Waals surface area contributed by atoms with E-state index < -0.39 is 5.82 Å². The van der Waals surface area contributed by atoms with Gasteiger partial charge in [0.2, 0.25) is 0 Å². The number of hydrogen-bond acceptors (Lipinski definition) is 5. The molecule has 6 nitrogen and oxygen atoms in total. The monoisotopic (exact) mass is 356 g/mol. The highest BCUT2D eigenvalue weighted by Gasteiger charge is 2.19. The van der Waals surface area contributed by atoms with Gasteiger partial charge in [-0.15, -0.1) is 10.2 Å². The normalized spacial score (nSPS) is 15.4. The Bertz CT molecular complexity index is 858. The molecule has 1 saturated heterocycles. The smallest absolute Gasteiger partial charge is 0.175 e. The first-order valence-electron chi connectivity index (χ1n) is 8.44. The Hall–Kier alpha value is -2.87. The predicted molar refractivity (Wildman–Crippen MR) is 93.0 cm³/mol. The van der Waals surface area contributed by atoms with E-state index >= 15 is 0 Å². The Labute approximate surface area is 149 Å². The van der Waals surface area contributed by atoms with E-state index in [1.165, 1.54) is 12.1 Å². The zero-order chi connectivity index (χ0) is 17.9. The van der Waals surface area contributed by atoms with Crippen molar-refractivity contribution in [3.8, 4) is 5.82 Å². The third-order valence-corrected chi connectivity index (χ3v) is 4.47. The summed E-state index contributed by atoms with van der Waals surface area (Å²) >= 11 is 0. The Morgan fingerprint density at radius 2 is 1.69 bits per heavy atom. The number of nitrogens with zero attached hydrogens (tertiary/aromatic N) is 6. The second-order valence-corrected chi connectivity index (χ2v) is 6.20. The Morgan fingerprint density at radius 3 is 2.38 bits per heavy atom. The molecule has 0 aliphatic carbocycles. The molecule has 134 valence electrons. The van der Waals surface area contributed by atoms with Crippen LogP contribution < -0.4 is 4.90 Å². The van der Waals surface area contributed by atoms with E-state index in [0.29, 0.717) is 17.9 Å². The lowest BCUT2D eigenvalue weighted by molar-refractivity contribution is 0.245. The average molecular weight is 356 g/mol. The first-order valence-corrected chi connectivity index (χ1v) is 8.44. The SMILES string of the molecule is Fc1ccc(F)c(CN2CCN(c3ccc(-n4cccn4)nn3)CC2)c1. The van der Waals surface area contributed by atoms with Gasteiger partial charge in [-0.1, -0.05) is 0 Å². The van der Waals surface area contributed by atoms with Gasteiger partial charge in [0.05, 0.1) is 0 Å². The molecule has 8 heteroatoms. The summed E-state index contributed by atoms with van der Waals surface area (Å²) in [7, 11) is 0. The molecule has 0 amide bonds. The fourth-order valence-corrected chi connectivity index (χ4v) is 3.05. The van der Waals surface area contributed by atoms with Crippen molar-refractivity contribution in [1.29, 1.82) is 0 Å². The summed E-state index contributed by atoms with van der Waals surface area (Å²) in [5, 5.41) is 12.6. The fourth-order valence-electron chi connectivity index (χ4n) is 3.05. The maximum Gasteiger partial charge on any atom is 0.175 e.